The number of halogens is 1. The lowest BCUT2D eigenvalue weighted by Gasteiger charge is -2.26. The molecule has 2 heterocycles. The van der Waals surface area contributed by atoms with Crippen LogP contribution in [0.4, 0.5) is 6.01 Å². The van der Waals surface area contributed by atoms with Gasteiger partial charge in [0.05, 0.1) is 18.6 Å². The van der Waals surface area contributed by atoms with Crippen molar-refractivity contribution in [2.24, 2.45) is 0 Å². The third-order valence-electron chi connectivity index (χ3n) is 5.04. The Hall–Kier alpha value is -2.57. The summed E-state index contributed by atoms with van der Waals surface area (Å²) in [5.41, 5.74) is 2.91. The zero-order chi connectivity index (χ0) is 20.5. The quantitative estimate of drug-likeness (QED) is 0.629. The minimum atomic E-state index is -0.332. The number of aryl methyl sites for hydroxylation is 2. The lowest BCUT2D eigenvalue weighted by atomic mass is 10.0. The van der Waals surface area contributed by atoms with E-state index in [0.29, 0.717) is 54.1 Å². The van der Waals surface area contributed by atoms with Gasteiger partial charge < -0.3 is 18.8 Å². The molecule has 29 heavy (non-hydrogen) atoms. The predicted molar refractivity (Wildman–Crippen MR) is 113 cm³/mol. The van der Waals surface area contributed by atoms with E-state index in [1.807, 2.05) is 49.9 Å². The standard InChI is InChI=1S/C22H23ClN2O4/c1-13-10-17(15(3)28-16-4-5-19(23)14(2)12-16)20-18(11-13)21(26)24-22(29-20)25-6-8-27-9-7-25/h4-5,10-12,15H,6-9H2,1-3H3. The number of morpholine rings is 1. The van der Waals surface area contributed by atoms with Crippen LogP contribution < -0.4 is 15.2 Å². The lowest BCUT2D eigenvalue weighted by Crippen LogP contribution is -2.37. The lowest BCUT2D eigenvalue weighted by molar-refractivity contribution is 0.120. The molecule has 0 saturated carbocycles. The third kappa shape index (κ3) is 4.09. The molecule has 1 atom stereocenters. The molecule has 0 aliphatic carbocycles. The van der Waals surface area contributed by atoms with Gasteiger partial charge in [-0.1, -0.05) is 11.6 Å². The van der Waals surface area contributed by atoms with Crippen molar-refractivity contribution >= 4 is 28.6 Å². The van der Waals surface area contributed by atoms with Gasteiger partial charge in [0.2, 0.25) is 0 Å². The van der Waals surface area contributed by atoms with Crippen molar-refractivity contribution in [3.63, 3.8) is 0 Å². The molecule has 3 aromatic rings. The molecule has 1 aromatic heterocycles. The first-order chi connectivity index (χ1) is 13.9. The zero-order valence-corrected chi connectivity index (χ0v) is 17.5. The van der Waals surface area contributed by atoms with Crippen LogP contribution in [0.3, 0.4) is 0 Å². The minimum Gasteiger partial charge on any atom is -0.486 e. The molecule has 4 rings (SSSR count). The molecule has 2 aromatic carbocycles. The summed E-state index contributed by atoms with van der Waals surface area (Å²) in [4.78, 5) is 18.8. The van der Waals surface area contributed by atoms with Gasteiger partial charge in [-0.2, -0.15) is 4.98 Å². The van der Waals surface area contributed by atoms with Crippen molar-refractivity contribution < 1.29 is 13.9 Å². The second kappa shape index (κ2) is 8.05. The number of anilines is 1. The van der Waals surface area contributed by atoms with Crippen molar-refractivity contribution in [2.45, 2.75) is 26.9 Å². The van der Waals surface area contributed by atoms with Crippen LogP contribution in [0.15, 0.2) is 39.5 Å². The number of nitrogens with zero attached hydrogens (tertiary/aromatic N) is 2. The van der Waals surface area contributed by atoms with Crippen LogP contribution in [-0.4, -0.2) is 31.3 Å². The summed E-state index contributed by atoms with van der Waals surface area (Å²) in [5, 5.41) is 1.15. The molecule has 1 fully saturated rings. The predicted octanol–water partition coefficient (Wildman–Crippen LogP) is 4.43. The molecule has 1 aliphatic rings. The monoisotopic (exact) mass is 414 g/mol. The van der Waals surface area contributed by atoms with Gasteiger partial charge >= 0.3 is 6.01 Å². The smallest absolute Gasteiger partial charge is 0.301 e. The van der Waals surface area contributed by atoms with Crippen molar-refractivity contribution in [2.75, 3.05) is 31.2 Å². The van der Waals surface area contributed by atoms with Crippen LogP contribution in [0.5, 0.6) is 5.75 Å². The fourth-order valence-electron chi connectivity index (χ4n) is 3.49. The molecule has 1 aliphatic heterocycles. The largest absolute Gasteiger partial charge is 0.486 e. The number of aromatic nitrogens is 1. The summed E-state index contributed by atoms with van der Waals surface area (Å²) in [6.07, 6.45) is -0.332. The Balaban J connectivity index is 1.76. The summed E-state index contributed by atoms with van der Waals surface area (Å²) >= 11 is 6.12. The van der Waals surface area contributed by atoms with Crippen LogP contribution in [0.1, 0.15) is 29.7 Å². The van der Waals surface area contributed by atoms with Crippen molar-refractivity contribution in [3.8, 4) is 5.75 Å². The Morgan fingerprint density at radius 1 is 1.17 bits per heavy atom. The van der Waals surface area contributed by atoms with Gasteiger partial charge in [0.15, 0.2) is 5.58 Å². The molecular formula is C22H23ClN2O4. The Morgan fingerprint density at radius 3 is 2.66 bits per heavy atom. The van der Waals surface area contributed by atoms with E-state index in [1.54, 1.807) is 6.07 Å². The van der Waals surface area contributed by atoms with Gasteiger partial charge in [-0.05, 0) is 62.2 Å². The van der Waals surface area contributed by atoms with Crippen molar-refractivity contribution in [1.82, 2.24) is 4.98 Å². The van der Waals surface area contributed by atoms with Crippen LogP contribution >= 0.6 is 11.6 Å². The first-order valence-corrected chi connectivity index (χ1v) is 10.0. The highest BCUT2D eigenvalue weighted by molar-refractivity contribution is 6.31. The number of hydrogen-bond acceptors (Lipinski definition) is 6. The molecule has 1 unspecified atom stereocenters. The average Bonchev–Trinajstić information content (AvgIpc) is 2.71. The molecular weight excluding hydrogens is 392 g/mol. The maximum atomic E-state index is 12.7. The van der Waals surface area contributed by atoms with Crippen molar-refractivity contribution in [3.05, 3.63) is 62.4 Å². The van der Waals surface area contributed by atoms with E-state index in [2.05, 4.69) is 4.98 Å². The highest BCUT2D eigenvalue weighted by Crippen LogP contribution is 2.31. The van der Waals surface area contributed by atoms with E-state index in [-0.39, 0.29) is 11.7 Å². The summed E-state index contributed by atoms with van der Waals surface area (Å²) in [7, 11) is 0. The van der Waals surface area contributed by atoms with Gasteiger partial charge in [-0.3, -0.25) is 4.79 Å². The topological polar surface area (TPSA) is 64.8 Å². The number of benzene rings is 2. The summed E-state index contributed by atoms with van der Waals surface area (Å²) in [6, 6.07) is 9.66. The van der Waals surface area contributed by atoms with Crippen LogP contribution in [0, 0.1) is 13.8 Å². The van der Waals surface area contributed by atoms with Gasteiger partial charge in [0.25, 0.3) is 5.56 Å². The molecule has 1 saturated heterocycles. The summed E-state index contributed by atoms with van der Waals surface area (Å²) in [5.74, 6) is 0.707. The molecule has 0 radical (unpaired) electrons. The summed E-state index contributed by atoms with van der Waals surface area (Å²) in [6.45, 7) is 8.25. The molecule has 7 heteroatoms. The highest BCUT2D eigenvalue weighted by atomic mass is 35.5. The molecule has 0 bridgehead atoms. The van der Waals surface area contributed by atoms with Gasteiger partial charge in [0.1, 0.15) is 11.9 Å². The number of fused-ring (bicyclic) bond motifs is 1. The molecule has 0 N–H and O–H groups in total. The van der Waals surface area contributed by atoms with E-state index >= 15 is 0 Å². The SMILES string of the molecule is Cc1cc(C(C)Oc2ccc(Cl)c(C)c2)c2oc(N3CCOCC3)nc(=O)c2c1. The summed E-state index contributed by atoms with van der Waals surface area (Å²) < 4.78 is 17.7. The first-order valence-electron chi connectivity index (χ1n) is 9.63. The van der Waals surface area contributed by atoms with Crippen LogP contribution in [0.25, 0.3) is 11.0 Å². The minimum absolute atomic E-state index is 0.299. The van der Waals surface area contributed by atoms with Gasteiger partial charge in [-0.25, -0.2) is 0 Å². The zero-order valence-electron chi connectivity index (χ0n) is 16.7. The molecule has 152 valence electrons. The Bertz CT molecular complexity index is 1110. The molecule has 6 nitrogen and oxygen atoms in total. The van der Waals surface area contributed by atoms with Crippen molar-refractivity contribution in [1.29, 1.82) is 0 Å². The second-order valence-electron chi connectivity index (χ2n) is 7.30. The third-order valence-corrected chi connectivity index (χ3v) is 5.47. The fourth-order valence-corrected chi connectivity index (χ4v) is 3.60. The van der Waals surface area contributed by atoms with Crippen LogP contribution in [-0.2, 0) is 4.74 Å². The average molecular weight is 415 g/mol. The first kappa shape index (κ1) is 19.7. The van der Waals surface area contributed by atoms with E-state index in [1.165, 1.54) is 0 Å². The van der Waals surface area contributed by atoms with Gasteiger partial charge in [0, 0.05) is 23.7 Å². The number of hydrogen-bond donors (Lipinski definition) is 0. The second-order valence-corrected chi connectivity index (χ2v) is 7.71. The van der Waals surface area contributed by atoms with Crippen LogP contribution in [0.2, 0.25) is 5.02 Å². The fraction of sp³-hybridized carbons (Fsp3) is 0.364. The highest BCUT2D eigenvalue weighted by Gasteiger charge is 2.21. The Kier molecular flexibility index (Phi) is 5.48. The Labute approximate surface area is 174 Å². The van der Waals surface area contributed by atoms with E-state index in [0.717, 1.165) is 16.7 Å². The van der Waals surface area contributed by atoms with Gasteiger partial charge in [-0.15, -0.1) is 0 Å². The molecule has 0 spiro atoms. The number of rotatable bonds is 4. The maximum Gasteiger partial charge on any atom is 0.301 e. The Morgan fingerprint density at radius 2 is 1.93 bits per heavy atom. The number of ether oxygens (including phenoxy) is 2. The van der Waals surface area contributed by atoms with E-state index in [9.17, 15) is 4.79 Å². The molecule has 0 amide bonds. The van der Waals surface area contributed by atoms with E-state index in [4.69, 9.17) is 25.5 Å². The van der Waals surface area contributed by atoms with E-state index < -0.39 is 0 Å². The maximum absolute atomic E-state index is 12.7. The normalized spacial score (nSPS) is 15.5.